The maximum atomic E-state index is 12.1. The molecule has 1 aliphatic heterocycles. The molecule has 1 aromatic heterocycles. The largest absolute Gasteiger partial charge is 0.461 e. The summed E-state index contributed by atoms with van der Waals surface area (Å²) in [6.45, 7) is 2.33. The summed E-state index contributed by atoms with van der Waals surface area (Å²) in [7, 11) is 0. The van der Waals surface area contributed by atoms with Crippen molar-refractivity contribution in [3.63, 3.8) is 0 Å². The van der Waals surface area contributed by atoms with Crippen LogP contribution in [0, 0.1) is 12.8 Å². The number of aromatic nitrogens is 2. The third kappa shape index (κ3) is 3.76. The average molecular weight is 465 g/mol. The quantitative estimate of drug-likeness (QED) is 0.365. The van der Waals surface area contributed by atoms with E-state index in [1.54, 1.807) is 6.92 Å². The molecule has 3 aromatic carbocycles. The van der Waals surface area contributed by atoms with Crippen LogP contribution in [0.25, 0.3) is 0 Å². The van der Waals surface area contributed by atoms with Gasteiger partial charge in [-0.2, -0.15) is 4.98 Å². The van der Waals surface area contributed by atoms with Crippen molar-refractivity contribution in [1.29, 1.82) is 0 Å². The number of rotatable bonds is 6. The minimum Gasteiger partial charge on any atom is -0.461 e. The third-order valence-electron chi connectivity index (χ3n) is 7.40. The Morgan fingerprint density at radius 1 is 0.886 bits per heavy atom. The second-order valence-electron chi connectivity index (χ2n) is 9.55. The van der Waals surface area contributed by atoms with Crippen LogP contribution in [0.3, 0.4) is 0 Å². The second kappa shape index (κ2) is 8.82. The van der Waals surface area contributed by atoms with E-state index in [9.17, 15) is 4.79 Å². The zero-order chi connectivity index (χ0) is 23.8. The van der Waals surface area contributed by atoms with Crippen LogP contribution < -0.4 is 10.3 Å². The van der Waals surface area contributed by atoms with Gasteiger partial charge < -0.3 is 9.47 Å². The first-order chi connectivity index (χ1) is 17.1. The Labute approximate surface area is 205 Å². The summed E-state index contributed by atoms with van der Waals surface area (Å²) in [5.74, 6) is 0.188. The topological polar surface area (TPSA) is 53.4 Å². The Balaban J connectivity index is 1.37. The molecule has 3 atom stereocenters. The molecular formula is C30H28N2O3. The lowest BCUT2D eigenvalue weighted by Gasteiger charge is -2.37. The molecule has 5 nitrogen and oxygen atoms in total. The normalized spacial score (nSPS) is 20.8. The molecule has 2 aliphatic rings. The summed E-state index contributed by atoms with van der Waals surface area (Å²) < 4.78 is 15.3. The first kappa shape index (κ1) is 21.8. The summed E-state index contributed by atoms with van der Waals surface area (Å²) in [4.78, 5) is 16.3. The minimum absolute atomic E-state index is 0.0189. The van der Waals surface area contributed by atoms with Crippen LogP contribution in [-0.4, -0.2) is 22.3 Å². The monoisotopic (exact) mass is 464 g/mol. The first-order valence-electron chi connectivity index (χ1n) is 12.2. The van der Waals surface area contributed by atoms with Crippen LogP contribution in [0.1, 0.15) is 41.1 Å². The fourth-order valence-corrected chi connectivity index (χ4v) is 5.64. The molecule has 1 aliphatic carbocycles. The van der Waals surface area contributed by atoms with E-state index in [0.29, 0.717) is 18.2 Å². The van der Waals surface area contributed by atoms with Crippen molar-refractivity contribution in [2.24, 2.45) is 5.92 Å². The van der Waals surface area contributed by atoms with Gasteiger partial charge in [-0.1, -0.05) is 91.0 Å². The van der Waals surface area contributed by atoms with Gasteiger partial charge in [0.15, 0.2) is 0 Å². The SMILES string of the molecule is Cc1cn2c(nc1=O)O[C@H]1C[C@H]2C[C@@H]1COC(c1ccccc1)(c1ccccc1)c1ccccc1. The van der Waals surface area contributed by atoms with E-state index in [1.807, 2.05) is 29.0 Å². The molecule has 0 spiro atoms. The molecule has 0 radical (unpaired) electrons. The number of ether oxygens (including phenoxy) is 2. The van der Waals surface area contributed by atoms with Gasteiger partial charge in [0.25, 0.3) is 11.6 Å². The Hall–Kier alpha value is -3.70. The van der Waals surface area contributed by atoms with Crippen molar-refractivity contribution in [3.05, 3.63) is 130 Å². The van der Waals surface area contributed by atoms with E-state index in [-0.39, 0.29) is 23.6 Å². The van der Waals surface area contributed by atoms with Crippen molar-refractivity contribution in [2.45, 2.75) is 37.5 Å². The summed E-state index contributed by atoms with van der Waals surface area (Å²) in [6.07, 6.45) is 3.70. The molecule has 1 saturated carbocycles. The number of nitrogens with zero attached hydrogens (tertiary/aromatic N) is 2. The maximum absolute atomic E-state index is 12.1. The number of hydrogen-bond acceptors (Lipinski definition) is 4. The van der Waals surface area contributed by atoms with Gasteiger partial charge in [-0.3, -0.25) is 9.36 Å². The smallest absolute Gasteiger partial charge is 0.300 e. The van der Waals surface area contributed by atoms with Crippen LogP contribution >= 0.6 is 0 Å². The molecule has 0 N–H and O–H groups in total. The maximum Gasteiger partial charge on any atom is 0.300 e. The Kier molecular flexibility index (Phi) is 5.50. The van der Waals surface area contributed by atoms with Crippen molar-refractivity contribution in [1.82, 2.24) is 9.55 Å². The lowest BCUT2D eigenvalue weighted by atomic mass is 9.80. The molecule has 4 aromatic rings. The van der Waals surface area contributed by atoms with Gasteiger partial charge in [0.1, 0.15) is 11.7 Å². The lowest BCUT2D eigenvalue weighted by molar-refractivity contribution is -0.0264. The average Bonchev–Trinajstić information content (AvgIpc) is 3.24. The van der Waals surface area contributed by atoms with Crippen molar-refractivity contribution < 1.29 is 9.47 Å². The zero-order valence-electron chi connectivity index (χ0n) is 19.7. The molecule has 5 heteroatoms. The van der Waals surface area contributed by atoms with Gasteiger partial charge in [-0.25, -0.2) is 0 Å². The van der Waals surface area contributed by atoms with E-state index in [2.05, 4.69) is 77.8 Å². The van der Waals surface area contributed by atoms with E-state index < -0.39 is 5.60 Å². The zero-order valence-corrected chi connectivity index (χ0v) is 19.7. The predicted molar refractivity (Wildman–Crippen MR) is 135 cm³/mol. The Morgan fingerprint density at radius 2 is 1.43 bits per heavy atom. The molecule has 0 amide bonds. The van der Waals surface area contributed by atoms with Crippen molar-refractivity contribution in [3.8, 4) is 6.01 Å². The van der Waals surface area contributed by atoms with Crippen LogP contribution in [0.15, 0.2) is 102 Å². The number of aryl methyl sites for hydroxylation is 1. The Morgan fingerprint density at radius 3 is 1.97 bits per heavy atom. The van der Waals surface area contributed by atoms with E-state index >= 15 is 0 Å². The van der Waals surface area contributed by atoms with Crippen molar-refractivity contribution in [2.75, 3.05) is 6.61 Å². The molecule has 176 valence electrons. The summed E-state index contributed by atoms with van der Waals surface area (Å²) in [5.41, 5.74) is 2.94. The number of fused-ring (bicyclic) bond motifs is 4. The lowest BCUT2D eigenvalue weighted by Crippen LogP contribution is -2.37. The predicted octanol–water partition coefficient (Wildman–Crippen LogP) is 5.27. The van der Waals surface area contributed by atoms with Crippen LogP contribution in [0.5, 0.6) is 6.01 Å². The third-order valence-corrected chi connectivity index (χ3v) is 7.40. The van der Waals surface area contributed by atoms with Gasteiger partial charge in [0.2, 0.25) is 0 Å². The summed E-state index contributed by atoms with van der Waals surface area (Å²) >= 11 is 0. The van der Waals surface area contributed by atoms with Gasteiger partial charge in [0, 0.05) is 30.1 Å². The molecule has 2 heterocycles. The highest BCUT2D eigenvalue weighted by Crippen LogP contribution is 2.45. The fourth-order valence-electron chi connectivity index (χ4n) is 5.64. The summed E-state index contributed by atoms with van der Waals surface area (Å²) in [5, 5.41) is 0. The van der Waals surface area contributed by atoms with Gasteiger partial charge in [-0.15, -0.1) is 0 Å². The van der Waals surface area contributed by atoms with Crippen LogP contribution in [0.4, 0.5) is 0 Å². The highest BCUT2D eigenvalue weighted by atomic mass is 16.5. The highest BCUT2D eigenvalue weighted by Gasteiger charge is 2.45. The molecule has 35 heavy (non-hydrogen) atoms. The highest BCUT2D eigenvalue weighted by molar-refractivity contribution is 5.47. The van der Waals surface area contributed by atoms with Gasteiger partial charge in [0.05, 0.1) is 6.61 Å². The van der Waals surface area contributed by atoms with Crippen molar-refractivity contribution >= 4 is 0 Å². The minimum atomic E-state index is -0.752. The molecule has 2 bridgehead atoms. The Bertz CT molecular complexity index is 1270. The molecule has 0 unspecified atom stereocenters. The molecule has 0 saturated heterocycles. The second-order valence-corrected chi connectivity index (χ2v) is 9.55. The molecular weight excluding hydrogens is 436 g/mol. The molecule has 6 rings (SSSR count). The number of benzene rings is 3. The summed E-state index contributed by atoms with van der Waals surface area (Å²) in [6, 6.07) is 32.0. The van der Waals surface area contributed by atoms with Crippen LogP contribution in [0.2, 0.25) is 0 Å². The first-order valence-corrected chi connectivity index (χ1v) is 12.2. The van der Waals surface area contributed by atoms with E-state index in [0.717, 1.165) is 29.5 Å². The number of hydrogen-bond donors (Lipinski definition) is 0. The van der Waals surface area contributed by atoms with Gasteiger partial charge >= 0.3 is 0 Å². The van der Waals surface area contributed by atoms with Crippen LogP contribution in [-0.2, 0) is 10.3 Å². The van der Waals surface area contributed by atoms with E-state index in [4.69, 9.17) is 9.47 Å². The standard InChI is InChI=1S/C30H28N2O3/c1-21-19-32-26-17-22(27(18-26)35-29(32)31-28(21)33)20-34-30(23-11-5-2-6-12-23,24-13-7-3-8-14-24)25-15-9-4-10-16-25/h2-16,19,22,26-27H,17-18,20H2,1H3/t22-,26-,27+/m1/s1. The molecule has 1 fully saturated rings. The van der Waals surface area contributed by atoms with E-state index in [1.165, 1.54) is 0 Å². The fraction of sp³-hybridized carbons (Fsp3) is 0.267. The van der Waals surface area contributed by atoms with Gasteiger partial charge in [-0.05, 0) is 30.0 Å².